The summed E-state index contributed by atoms with van der Waals surface area (Å²) in [6, 6.07) is 14.4. The van der Waals surface area contributed by atoms with Crippen LogP contribution in [0.3, 0.4) is 0 Å². The molecule has 1 fully saturated rings. The Hall–Kier alpha value is -2.53. The Balaban J connectivity index is 1.41. The van der Waals surface area contributed by atoms with Crippen LogP contribution in [0, 0.1) is 0 Å². The zero-order chi connectivity index (χ0) is 19.3. The molecule has 0 radical (unpaired) electrons. The van der Waals surface area contributed by atoms with Crippen molar-refractivity contribution in [3.8, 4) is 11.5 Å². The number of para-hydroxylation sites is 1. The van der Waals surface area contributed by atoms with Gasteiger partial charge in [-0.15, -0.1) is 0 Å². The van der Waals surface area contributed by atoms with Crippen molar-refractivity contribution >= 4 is 5.91 Å². The second-order valence-electron chi connectivity index (χ2n) is 7.70. The Morgan fingerprint density at radius 3 is 2.64 bits per heavy atom. The lowest BCUT2D eigenvalue weighted by atomic mass is 9.94. The van der Waals surface area contributed by atoms with E-state index in [4.69, 9.17) is 9.47 Å². The van der Waals surface area contributed by atoms with Crippen LogP contribution in [-0.4, -0.2) is 30.7 Å². The smallest absolute Gasteiger partial charge is 0.255 e. The van der Waals surface area contributed by atoms with E-state index in [0.717, 1.165) is 12.1 Å². The zero-order valence-electron chi connectivity index (χ0n) is 16.4. The Morgan fingerprint density at radius 2 is 1.82 bits per heavy atom. The molecule has 0 unspecified atom stereocenters. The molecule has 5 nitrogen and oxygen atoms in total. The van der Waals surface area contributed by atoms with Crippen molar-refractivity contribution in [1.82, 2.24) is 10.2 Å². The van der Waals surface area contributed by atoms with Gasteiger partial charge in [-0.25, -0.2) is 0 Å². The normalized spacial score (nSPS) is 16.4. The van der Waals surface area contributed by atoms with Gasteiger partial charge in [0.2, 0.25) is 6.79 Å². The Kier molecular flexibility index (Phi) is 5.81. The van der Waals surface area contributed by atoms with Crippen molar-refractivity contribution in [2.24, 2.45) is 0 Å². The number of rotatable bonds is 6. The minimum atomic E-state index is -0.141. The molecule has 2 aliphatic rings. The molecule has 0 saturated heterocycles. The molecule has 1 aliphatic carbocycles. The average molecular weight is 380 g/mol. The topological polar surface area (TPSA) is 50.8 Å². The molecule has 0 atom stereocenters. The summed E-state index contributed by atoms with van der Waals surface area (Å²) in [5.41, 5.74) is 2.95. The molecule has 0 bridgehead atoms. The Morgan fingerprint density at radius 1 is 1.04 bits per heavy atom. The molecule has 0 aromatic heterocycles. The van der Waals surface area contributed by atoms with Crippen LogP contribution in [0.5, 0.6) is 11.5 Å². The highest BCUT2D eigenvalue weighted by Gasteiger charge is 2.22. The fourth-order valence-electron chi connectivity index (χ4n) is 4.18. The van der Waals surface area contributed by atoms with Gasteiger partial charge in [-0.3, -0.25) is 9.69 Å². The highest BCUT2D eigenvalue weighted by Crippen LogP contribution is 2.35. The number of fused-ring (bicyclic) bond motifs is 1. The van der Waals surface area contributed by atoms with Crippen LogP contribution in [0.25, 0.3) is 0 Å². The van der Waals surface area contributed by atoms with Gasteiger partial charge in [0.1, 0.15) is 0 Å². The van der Waals surface area contributed by atoms with Crippen molar-refractivity contribution in [2.75, 3.05) is 13.8 Å². The Labute approximate surface area is 166 Å². The number of benzene rings is 2. The number of nitrogens with zero attached hydrogens (tertiary/aromatic N) is 1. The van der Waals surface area contributed by atoms with E-state index in [1.807, 2.05) is 18.2 Å². The minimum Gasteiger partial charge on any atom is -0.454 e. The first-order valence-electron chi connectivity index (χ1n) is 10.2. The summed E-state index contributed by atoms with van der Waals surface area (Å²) in [5, 5.41) is 3.05. The lowest BCUT2D eigenvalue weighted by Gasteiger charge is -2.31. The molecule has 1 heterocycles. The first-order valence-corrected chi connectivity index (χ1v) is 10.2. The van der Waals surface area contributed by atoms with E-state index in [1.54, 1.807) is 6.07 Å². The van der Waals surface area contributed by atoms with E-state index in [-0.39, 0.29) is 12.7 Å². The van der Waals surface area contributed by atoms with Crippen molar-refractivity contribution in [2.45, 2.75) is 51.2 Å². The summed E-state index contributed by atoms with van der Waals surface area (Å²) >= 11 is 0. The molecule has 0 spiro atoms. The number of hydrogen-bond acceptors (Lipinski definition) is 4. The number of carbonyl (C=O) groups excluding carboxylic acids is 1. The molecule has 1 saturated carbocycles. The number of hydrogen-bond donors (Lipinski definition) is 1. The average Bonchev–Trinajstić information content (AvgIpc) is 3.22. The minimum absolute atomic E-state index is 0.141. The summed E-state index contributed by atoms with van der Waals surface area (Å²) in [6.07, 6.45) is 6.61. The summed E-state index contributed by atoms with van der Waals surface area (Å²) in [4.78, 5) is 15.2. The predicted octanol–water partition coefficient (Wildman–Crippen LogP) is 4.11. The highest BCUT2D eigenvalue weighted by molar-refractivity contribution is 5.97. The van der Waals surface area contributed by atoms with Crippen LogP contribution in [0.4, 0.5) is 0 Å². The quantitative estimate of drug-likeness (QED) is 0.819. The van der Waals surface area contributed by atoms with Crippen LogP contribution in [0.2, 0.25) is 0 Å². The molecule has 2 aromatic carbocycles. The van der Waals surface area contributed by atoms with E-state index < -0.39 is 0 Å². The number of ether oxygens (including phenoxy) is 2. The van der Waals surface area contributed by atoms with Crippen molar-refractivity contribution < 1.29 is 14.3 Å². The molecule has 5 heteroatoms. The predicted molar refractivity (Wildman–Crippen MR) is 109 cm³/mol. The van der Waals surface area contributed by atoms with Crippen LogP contribution in [0.15, 0.2) is 42.5 Å². The molecule has 1 N–H and O–H groups in total. The number of nitrogens with one attached hydrogen (secondary N) is 1. The summed E-state index contributed by atoms with van der Waals surface area (Å²) in [5.74, 6) is 1.02. The van der Waals surface area contributed by atoms with Crippen molar-refractivity contribution in [3.05, 3.63) is 59.2 Å². The van der Waals surface area contributed by atoms with Gasteiger partial charge in [-0.05, 0) is 43.1 Å². The molecule has 28 heavy (non-hydrogen) atoms. The maximum absolute atomic E-state index is 12.7. The van der Waals surface area contributed by atoms with Gasteiger partial charge in [-0.1, -0.05) is 49.6 Å². The first kappa shape index (κ1) is 18.8. The van der Waals surface area contributed by atoms with Gasteiger partial charge in [0.25, 0.3) is 5.91 Å². The lowest BCUT2D eigenvalue weighted by molar-refractivity contribution is 0.0946. The summed E-state index contributed by atoms with van der Waals surface area (Å²) < 4.78 is 10.8. The molecular formula is C23H28N2O3. The third-order valence-electron chi connectivity index (χ3n) is 5.82. The third kappa shape index (κ3) is 4.14. The maximum Gasteiger partial charge on any atom is 0.255 e. The van der Waals surface area contributed by atoms with Crippen LogP contribution in [-0.2, 0) is 13.1 Å². The standard InChI is InChI=1S/C23H28N2O3/c1-25(19-10-3-2-4-11-19)15-18-9-6-5-8-17(18)14-24-23(26)20-12-7-13-21-22(20)28-16-27-21/h5-9,12-13,19H,2-4,10-11,14-16H2,1H3,(H,24,26). The van der Waals surface area contributed by atoms with Crippen molar-refractivity contribution in [3.63, 3.8) is 0 Å². The molecule has 2 aromatic rings. The zero-order valence-corrected chi connectivity index (χ0v) is 16.4. The molecule has 1 amide bonds. The number of amides is 1. The van der Waals surface area contributed by atoms with Gasteiger partial charge >= 0.3 is 0 Å². The molecular weight excluding hydrogens is 352 g/mol. The van der Waals surface area contributed by atoms with E-state index in [2.05, 4.69) is 35.5 Å². The molecule has 1 aliphatic heterocycles. The van der Waals surface area contributed by atoms with Gasteiger partial charge < -0.3 is 14.8 Å². The molecule has 4 rings (SSSR count). The van der Waals surface area contributed by atoms with E-state index in [9.17, 15) is 4.79 Å². The highest BCUT2D eigenvalue weighted by atomic mass is 16.7. The van der Waals surface area contributed by atoms with Gasteiger partial charge in [0, 0.05) is 19.1 Å². The maximum atomic E-state index is 12.7. The largest absolute Gasteiger partial charge is 0.454 e. The van der Waals surface area contributed by atoms with Gasteiger partial charge in [0.15, 0.2) is 11.5 Å². The van der Waals surface area contributed by atoms with Gasteiger partial charge in [0.05, 0.1) is 5.56 Å². The second-order valence-corrected chi connectivity index (χ2v) is 7.70. The Bertz CT molecular complexity index is 830. The fourth-order valence-corrected chi connectivity index (χ4v) is 4.18. The number of carbonyl (C=O) groups is 1. The SMILES string of the molecule is CN(Cc1ccccc1CNC(=O)c1cccc2c1OCO2)C1CCCCC1. The van der Waals surface area contributed by atoms with Crippen LogP contribution >= 0.6 is 0 Å². The summed E-state index contributed by atoms with van der Waals surface area (Å²) in [7, 11) is 2.22. The van der Waals surface area contributed by atoms with E-state index in [1.165, 1.54) is 37.7 Å². The summed E-state index contributed by atoms with van der Waals surface area (Å²) in [6.45, 7) is 1.57. The first-order chi connectivity index (χ1) is 13.7. The van der Waals surface area contributed by atoms with Gasteiger partial charge in [-0.2, -0.15) is 0 Å². The van der Waals surface area contributed by atoms with Crippen molar-refractivity contribution in [1.29, 1.82) is 0 Å². The third-order valence-corrected chi connectivity index (χ3v) is 5.82. The second kappa shape index (κ2) is 8.65. The van der Waals surface area contributed by atoms with Crippen LogP contribution < -0.4 is 14.8 Å². The fraction of sp³-hybridized carbons (Fsp3) is 0.435. The monoisotopic (exact) mass is 380 g/mol. The van der Waals surface area contributed by atoms with E-state index in [0.29, 0.717) is 29.6 Å². The van der Waals surface area contributed by atoms with Crippen LogP contribution in [0.1, 0.15) is 53.6 Å². The molecule has 148 valence electrons. The van der Waals surface area contributed by atoms with E-state index >= 15 is 0 Å². The lowest BCUT2D eigenvalue weighted by Crippen LogP contribution is -2.33.